The van der Waals surface area contributed by atoms with Crippen molar-refractivity contribution in [2.45, 2.75) is 26.6 Å². The van der Waals surface area contributed by atoms with Crippen LogP contribution in [0.4, 0.5) is 18.9 Å². The first-order valence-electron chi connectivity index (χ1n) is 9.77. The van der Waals surface area contributed by atoms with Crippen LogP contribution in [0.1, 0.15) is 29.2 Å². The topological polar surface area (TPSA) is 42.8 Å². The van der Waals surface area contributed by atoms with Crippen LogP contribution >= 0.6 is 0 Å². The zero-order valence-electron chi connectivity index (χ0n) is 17.2. The number of halogens is 3. The monoisotopic (exact) mass is 428 g/mol. The molecule has 0 spiro atoms. The molecule has 0 atom stereocenters. The first-order chi connectivity index (χ1) is 14.9. The van der Waals surface area contributed by atoms with Crippen molar-refractivity contribution in [1.29, 1.82) is 0 Å². The van der Waals surface area contributed by atoms with Crippen LogP contribution in [-0.4, -0.2) is 12.8 Å². The summed E-state index contributed by atoms with van der Waals surface area (Å²) in [6, 6.07) is 18.1. The Hall–Kier alpha value is -3.48. The predicted octanol–water partition coefficient (Wildman–Crippen LogP) is 6.44. The Bertz CT molecular complexity index is 1030. The highest BCUT2D eigenvalue weighted by Crippen LogP contribution is 2.30. The number of hydrogen-bond acceptors (Lipinski definition) is 4. The van der Waals surface area contributed by atoms with Gasteiger partial charge in [-0.2, -0.15) is 18.3 Å². The van der Waals surface area contributed by atoms with Crippen molar-refractivity contribution >= 4 is 11.9 Å². The Balaban J connectivity index is 1.66. The first-order valence-corrected chi connectivity index (χ1v) is 9.77. The molecule has 0 unspecified atom stereocenters. The third kappa shape index (κ3) is 6.25. The van der Waals surface area contributed by atoms with Gasteiger partial charge in [0.1, 0.15) is 6.61 Å². The Kier molecular flexibility index (Phi) is 7.18. The number of hydrazone groups is 1. The summed E-state index contributed by atoms with van der Waals surface area (Å²) in [4.78, 5) is 0. The molecule has 0 aliphatic heterocycles. The van der Waals surface area contributed by atoms with E-state index in [1.807, 2.05) is 50.2 Å². The lowest BCUT2D eigenvalue weighted by molar-refractivity contribution is -0.137. The molecule has 0 saturated heterocycles. The van der Waals surface area contributed by atoms with Gasteiger partial charge < -0.3 is 9.47 Å². The summed E-state index contributed by atoms with van der Waals surface area (Å²) >= 11 is 0. The fraction of sp³-hybridized carbons (Fsp3) is 0.208. The van der Waals surface area contributed by atoms with E-state index in [2.05, 4.69) is 10.5 Å². The Morgan fingerprint density at radius 3 is 2.35 bits per heavy atom. The largest absolute Gasteiger partial charge is 0.490 e. The van der Waals surface area contributed by atoms with Gasteiger partial charge in [-0.3, -0.25) is 5.43 Å². The highest BCUT2D eigenvalue weighted by Gasteiger charge is 2.29. The van der Waals surface area contributed by atoms with E-state index in [9.17, 15) is 13.2 Å². The standard InChI is InChI=1S/C24H23F3N2O2/c1-3-30-23-14-18(8-13-22(23)31-16-19-7-5-4-6-17(19)2)15-28-29-21-11-9-20(10-12-21)24(25,26)27/h4-15,29H,3,16H2,1-2H3. The number of ether oxygens (including phenoxy) is 2. The Labute approximate surface area is 179 Å². The normalized spacial score (nSPS) is 11.5. The summed E-state index contributed by atoms with van der Waals surface area (Å²) in [5, 5.41) is 4.09. The van der Waals surface area contributed by atoms with Gasteiger partial charge in [0.05, 0.1) is 24.1 Å². The van der Waals surface area contributed by atoms with Crippen molar-refractivity contribution in [2.24, 2.45) is 5.10 Å². The molecule has 0 bridgehead atoms. The van der Waals surface area contributed by atoms with Gasteiger partial charge in [-0.25, -0.2) is 0 Å². The second-order valence-corrected chi connectivity index (χ2v) is 6.80. The van der Waals surface area contributed by atoms with Gasteiger partial charge in [-0.05, 0) is 73.0 Å². The van der Waals surface area contributed by atoms with E-state index in [0.29, 0.717) is 30.4 Å². The maximum absolute atomic E-state index is 12.6. The fourth-order valence-electron chi connectivity index (χ4n) is 2.84. The van der Waals surface area contributed by atoms with Gasteiger partial charge in [0.15, 0.2) is 11.5 Å². The molecule has 3 aromatic carbocycles. The van der Waals surface area contributed by atoms with Crippen LogP contribution in [0.25, 0.3) is 0 Å². The second kappa shape index (κ2) is 10.0. The Morgan fingerprint density at radius 1 is 0.935 bits per heavy atom. The average Bonchev–Trinajstić information content (AvgIpc) is 2.74. The average molecular weight is 428 g/mol. The van der Waals surface area contributed by atoms with Crippen molar-refractivity contribution in [2.75, 3.05) is 12.0 Å². The summed E-state index contributed by atoms with van der Waals surface area (Å²) in [5.74, 6) is 1.22. The van der Waals surface area contributed by atoms with Crippen molar-refractivity contribution < 1.29 is 22.6 Å². The van der Waals surface area contributed by atoms with Gasteiger partial charge in [0, 0.05) is 0 Å². The maximum Gasteiger partial charge on any atom is 0.416 e. The molecule has 0 saturated carbocycles. The zero-order valence-corrected chi connectivity index (χ0v) is 17.2. The summed E-state index contributed by atoms with van der Waals surface area (Å²) in [5.41, 5.74) is 5.47. The van der Waals surface area contributed by atoms with E-state index in [4.69, 9.17) is 9.47 Å². The van der Waals surface area contributed by atoms with Crippen LogP contribution in [0, 0.1) is 6.92 Å². The molecule has 0 heterocycles. The van der Waals surface area contributed by atoms with E-state index < -0.39 is 11.7 Å². The van der Waals surface area contributed by atoms with Gasteiger partial charge in [0.25, 0.3) is 0 Å². The summed E-state index contributed by atoms with van der Waals surface area (Å²) < 4.78 is 49.5. The van der Waals surface area contributed by atoms with Crippen molar-refractivity contribution in [3.63, 3.8) is 0 Å². The molecule has 162 valence electrons. The minimum atomic E-state index is -4.36. The molecule has 0 aliphatic carbocycles. The molecule has 3 rings (SSSR count). The SMILES string of the molecule is CCOc1cc(C=NNc2ccc(C(F)(F)F)cc2)ccc1OCc1ccccc1C. The highest BCUT2D eigenvalue weighted by atomic mass is 19.4. The van der Waals surface area contributed by atoms with E-state index in [1.54, 1.807) is 12.3 Å². The zero-order chi connectivity index (χ0) is 22.3. The van der Waals surface area contributed by atoms with Gasteiger partial charge >= 0.3 is 6.18 Å². The summed E-state index contributed by atoms with van der Waals surface area (Å²) in [6.45, 7) is 4.82. The number of alkyl halides is 3. The third-order valence-corrected chi connectivity index (χ3v) is 4.53. The predicted molar refractivity (Wildman–Crippen MR) is 116 cm³/mol. The molecule has 0 fully saturated rings. The van der Waals surface area contributed by atoms with E-state index in [-0.39, 0.29) is 0 Å². The lowest BCUT2D eigenvalue weighted by atomic mass is 10.1. The molecule has 7 heteroatoms. The molecule has 0 aliphatic rings. The molecule has 31 heavy (non-hydrogen) atoms. The van der Waals surface area contributed by atoms with E-state index >= 15 is 0 Å². The third-order valence-electron chi connectivity index (χ3n) is 4.53. The lowest BCUT2D eigenvalue weighted by Gasteiger charge is -2.13. The molecular formula is C24H23F3N2O2. The number of aryl methyl sites for hydroxylation is 1. The molecule has 0 amide bonds. The summed E-state index contributed by atoms with van der Waals surface area (Å²) in [7, 11) is 0. The number of rotatable bonds is 8. The molecular weight excluding hydrogens is 405 g/mol. The van der Waals surface area contributed by atoms with Crippen LogP contribution in [0.15, 0.2) is 71.8 Å². The quantitative estimate of drug-likeness (QED) is 0.332. The highest BCUT2D eigenvalue weighted by molar-refractivity contribution is 5.81. The maximum atomic E-state index is 12.6. The van der Waals surface area contributed by atoms with Crippen LogP contribution in [0.2, 0.25) is 0 Å². The summed E-state index contributed by atoms with van der Waals surface area (Å²) in [6.07, 6.45) is -2.80. The van der Waals surface area contributed by atoms with Crippen LogP contribution < -0.4 is 14.9 Å². The van der Waals surface area contributed by atoms with Crippen molar-refractivity contribution in [1.82, 2.24) is 0 Å². The van der Waals surface area contributed by atoms with Gasteiger partial charge in [-0.15, -0.1) is 0 Å². The van der Waals surface area contributed by atoms with E-state index in [0.717, 1.165) is 28.8 Å². The minimum absolute atomic E-state index is 0.426. The smallest absolute Gasteiger partial charge is 0.416 e. The molecule has 1 N–H and O–H groups in total. The van der Waals surface area contributed by atoms with E-state index in [1.165, 1.54) is 12.1 Å². The number of nitrogens with zero attached hydrogens (tertiary/aromatic N) is 1. The number of benzene rings is 3. The van der Waals surface area contributed by atoms with Crippen LogP contribution in [0.3, 0.4) is 0 Å². The molecule has 0 aromatic heterocycles. The van der Waals surface area contributed by atoms with Crippen molar-refractivity contribution in [3.05, 3.63) is 89.0 Å². The second-order valence-electron chi connectivity index (χ2n) is 6.80. The molecule has 3 aromatic rings. The lowest BCUT2D eigenvalue weighted by Crippen LogP contribution is -2.04. The van der Waals surface area contributed by atoms with Crippen LogP contribution in [-0.2, 0) is 12.8 Å². The molecule has 4 nitrogen and oxygen atoms in total. The number of anilines is 1. The molecule has 0 radical (unpaired) electrons. The van der Waals surface area contributed by atoms with Gasteiger partial charge in [-0.1, -0.05) is 24.3 Å². The van der Waals surface area contributed by atoms with Crippen LogP contribution in [0.5, 0.6) is 11.5 Å². The Morgan fingerprint density at radius 2 is 1.68 bits per heavy atom. The first kappa shape index (κ1) is 22.2. The minimum Gasteiger partial charge on any atom is -0.490 e. The van der Waals surface area contributed by atoms with Gasteiger partial charge in [0.2, 0.25) is 0 Å². The number of nitrogens with one attached hydrogen (secondary N) is 1. The van der Waals surface area contributed by atoms with Crippen molar-refractivity contribution in [3.8, 4) is 11.5 Å². The fourth-order valence-corrected chi connectivity index (χ4v) is 2.84. The number of hydrogen-bond donors (Lipinski definition) is 1.